The summed E-state index contributed by atoms with van der Waals surface area (Å²) in [6.07, 6.45) is 3.00. The molecule has 26 heavy (non-hydrogen) atoms. The van der Waals surface area contributed by atoms with Crippen LogP contribution in [0.4, 0.5) is 5.82 Å². The highest BCUT2D eigenvalue weighted by molar-refractivity contribution is 5.88. The lowest BCUT2D eigenvalue weighted by Gasteiger charge is -2.10. The van der Waals surface area contributed by atoms with Crippen molar-refractivity contribution < 1.29 is 19.4 Å². The van der Waals surface area contributed by atoms with Gasteiger partial charge in [-0.1, -0.05) is 12.1 Å². The molecule has 3 rings (SSSR count). The molecule has 9 heteroatoms. The number of nitrogens with zero attached hydrogens (tertiary/aromatic N) is 4. The van der Waals surface area contributed by atoms with Crippen LogP contribution in [0.1, 0.15) is 10.4 Å². The van der Waals surface area contributed by atoms with E-state index in [-0.39, 0.29) is 23.3 Å². The molecule has 3 N–H and O–H groups in total. The number of anilines is 1. The highest BCUT2D eigenvalue weighted by Gasteiger charge is 2.15. The van der Waals surface area contributed by atoms with Gasteiger partial charge in [0.25, 0.3) is 0 Å². The molecule has 0 fully saturated rings. The first-order valence-electron chi connectivity index (χ1n) is 7.45. The molecule has 0 atom stereocenters. The lowest BCUT2D eigenvalue weighted by molar-refractivity contribution is 0.0697. The van der Waals surface area contributed by atoms with E-state index in [1.807, 2.05) is 0 Å². The molecule has 9 nitrogen and oxygen atoms in total. The summed E-state index contributed by atoms with van der Waals surface area (Å²) in [5, 5.41) is 9.00. The maximum Gasteiger partial charge on any atom is 0.335 e. The minimum absolute atomic E-state index is 0.165. The zero-order valence-electron chi connectivity index (χ0n) is 14.0. The number of nitrogen functional groups attached to an aromatic ring is 1. The van der Waals surface area contributed by atoms with Gasteiger partial charge in [-0.15, -0.1) is 0 Å². The number of aromatic nitrogens is 4. The maximum atomic E-state index is 11.0. The van der Waals surface area contributed by atoms with Gasteiger partial charge >= 0.3 is 12.0 Å². The Morgan fingerprint density at radius 2 is 1.77 bits per heavy atom. The Hall–Kier alpha value is -3.75. The third-order valence-corrected chi connectivity index (χ3v) is 3.59. The number of benzene rings is 1. The molecule has 0 bridgehead atoms. The van der Waals surface area contributed by atoms with Crippen LogP contribution in [0.5, 0.6) is 11.9 Å². The molecule has 3 aromatic rings. The summed E-state index contributed by atoms with van der Waals surface area (Å²) in [7, 11) is 2.93. The second kappa shape index (κ2) is 7.01. The minimum atomic E-state index is -1.01. The molecule has 0 saturated carbocycles. The van der Waals surface area contributed by atoms with Crippen molar-refractivity contribution in [1.29, 1.82) is 0 Å². The number of methoxy groups -OCH3 is 2. The van der Waals surface area contributed by atoms with Gasteiger partial charge in [0, 0.05) is 11.8 Å². The maximum absolute atomic E-state index is 11.0. The van der Waals surface area contributed by atoms with Gasteiger partial charge < -0.3 is 20.3 Å². The Balaban J connectivity index is 2.07. The van der Waals surface area contributed by atoms with E-state index in [1.54, 1.807) is 12.1 Å². The number of hydrogen-bond donors (Lipinski definition) is 2. The molecule has 0 aliphatic carbocycles. The zero-order chi connectivity index (χ0) is 18.7. The molecule has 0 radical (unpaired) electrons. The van der Waals surface area contributed by atoms with E-state index in [1.165, 1.54) is 38.7 Å². The van der Waals surface area contributed by atoms with Gasteiger partial charge in [-0.3, -0.25) is 0 Å². The number of rotatable bonds is 5. The lowest BCUT2D eigenvalue weighted by atomic mass is 10.1. The van der Waals surface area contributed by atoms with Gasteiger partial charge in [-0.2, -0.15) is 4.98 Å². The van der Waals surface area contributed by atoms with Crippen LogP contribution in [0.2, 0.25) is 0 Å². The molecule has 1 aromatic carbocycles. The normalized spacial score (nSPS) is 10.4. The monoisotopic (exact) mass is 353 g/mol. The van der Waals surface area contributed by atoms with E-state index >= 15 is 0 Å². The molecular weight excluding hydrogens is 338 g/mol. The molecule has 0 spiro atoms. The number of aromatic carboxylic acids is 1. The largest absolute Gasteiger partial charge is 0.480 e. The third kappa shape index (κ3) is 3.22. The van der Waals surface area contributed by atoms with Crippen LogP contribution in [0.3, 0.4) is 0 Å². The summed E-state index contributed by atoms with van der Waals surface area (Å²) in [4.78, 5) is 27.8. The standard InChI is InChI=1S/C17H15N5O4/c1-25-15-11(7-20-17(22-15)26-2)12-8-19-14(18)13(21-12)9-3-5-10(6-4-9)16(23)24/h3-8H,1-2H3,(H2,18,19)(H,23,24). The Bertz CT molecular complexity index is 960. The van der Waals surface area contributed by atoms with Gasteiger partial charge in [0.15, 0.2) is 0 Å². The first-order valence-corrected chi connectivity index (χ1v) is 7.45. The topological polar surface area (TPSA) is 133 Å². The molecular formula is C17H15N5O4. The Morgan fingerprint density at radius 3 is 2.38 bits per heavy atom. The third-order valence-electron chi connectivity index (χ3n) is 3.59. The Morgan fingerprint density at radius 1 is 1.04 bits per heavy atom. The predicted molar refractivity (Wildman–Crippen MR) is 93.0 cm³/mol. The highest BCUT2D eigenvalue weighted by atomic mass is 16.5. The second-order valence-corrected chi connectivity index (χ2v) is 5.15. The molecule has 2 heterocycles. The van der Waals surface area contributed by atoms with Crippen LogP contribution in [0, 0.1) is 0 Å². The van der Waals surface area contributed by atoms with Crippen LogP contribution in [0.15, 0.2) is 36.7 Å². The molecule has 0 aliphatic heterocycles. The fourth-order valence-electron chi connectivity index (χ4n) is 2.29. The van der Waals surface area contributed by atoms with Crippen molar-refractivity contribution in [3.8, 4) is 34.4 Å². The van der Waals surface area contributed by atoms with E-state index in [9.17, 15) is 4.79 Å². The van der Waals surface area contributed by atoms with Crippen LogP contribution >= 0.6 is 0 Å². The lowest BCUT2D eigenvalue weighted by Crippen LogP contribution is -2.02. The van der Waals surface area contributed by atoms with Crippen LogP contribution < -0.4 is 15.2 Å². The van der Waals surface area contributed by atoms with Crippen molar-refractivity contribution in [2.75, 3.05) is 20.0 Å². The van der Waals surface area contributed by atoms with E-state index < -0.39 is 5.97 Å². The quantitative estimate of drug-likeness (QED) is 0.705. The molecule has 0 saturated heterocycles. The predicted octanol–water partition coefficient (Wildman–Crippen LogP) is 1.90. The average Bonchev–Trinajstić information content (AvgIpc) is 2.68. The van der Waals surface area contributed by atoms with E-state index in [0.29, 0.717) is 22.5 Å². The van der Waals surface area contributed by atoms with E-state index in [0.717, 1.165) is 0 Å². The van der Waals surface area contributed by atoms with Crippen LogP contribution in [0.25, 0.3) is 22.5 Å². The van der Waals surface area contributed by atoms with Crippen LogP contribution in [-0.4, -0.2) is 45.2 Å². The van der Waals surface area contributed by atoms with E-state index in [2.05, 4.69) is 19.9 Å². The fraction of sp³-hybridized carbons (Fsp3) is 0.118. The summed E-state index contributed by atoms with van der Waals surface area (Å²) < 4.78 is 10.2. The fourth-order valence-corrected chi connectivity index (χ4v) is 2.29. The van der Waals surface area contributed by atoms with Gasteiger partial charge in [0.1, 0.15) is 11.5 Å². The number of carboxylic acids is 1. The summed E-state index contributed by atoms with van der Waals surface area (Å²) in [6.45, 7) is 0. The summed E-state index contributed by atoms with van der Waals surface area (Å²) in [5.74, 6) is -0.516. The molecule has 2 aromatic heterocycles. The Kier molecular flexibility index (Phi) is 4.61. The number of carbonyl (C=O) groups is 1. The first-order chi connectivity index (χ1) is 12.5. The molecule has 0 unspecified atom stereocenters. The van der Waals surface area contributed by atoms with Crippen molar-refractivity contribution in [3.63, 3.8) is 0 Å². The Labute approximate surface area is 148 Å². The second-order valence-electron chi connectivity index (χ2n) is 5.15. The zero-order valence-corrected chi connectivity index (χ0v) is 14.0. The van der Waals surface area contributed by atoms with Crippen molar-refractivity contribution >= 4 is 11.8 Å². The smallest absolute Gasteiger partial charge is 0.335 e. The highest BCUT2D eigenvalue weighted by Crippen LogP contribution is 2.30. The summed E-state index contributed by atoms with van der Waals surface area (Å²) >= 11 is 0. The number of nitrogens with two attached hydrogens (primary N) is 1. The van der Waals surface area contributed by atoms with Gasteiger partial charge in [-0.25, -0.2) is 19.7 Å². The summed E-state index contributed by atoms with van der Waals surface area (Å²) in [6, 6.07) is 6.36. The molecule has 0 amide bonds. The van der Waals surface area contributed by atoms with Crippen molar-refractivity contribution in [2.24, 2.45) is 0 Å². The van der Waals surface area contributed by atoms with Gasteiger partial charge in [0.05, 0.1) is 37.2 Å². The van der Waals surface area contributed by atoms with Gasteiger partial charge in [0.2, 0.25) is 5.88 Å². The van der Waals surface area contributed by atoms with Crippen molar-refractivity contribution in [3.05, 3.63) is 42.2 Å². The average molecular weight is 353 g/mol. The van der Waals surface area contributed by atoms with Gasteiger partial charge in [-0.05, 0) is 12.1 Å². The minimum Gasteiger partial charge on any atom is -0.480 e. The summed E-state index contributed by atoms with van der Waals surface area (Å²) in [5.41, 5.74) is 8.13. The van der Waals surface area contributed by atoms with Crippen molar-refractivity contribution in [2.45, 2.75) is 0 Å². The molecule has 0 aliphatic rings. The van der Waals surface area contributed by atoms with Crippen molar-refractivity contribution in [1.82, 2.24) is 19.9 Å². The SMILES string of the molecule is COc1ncc(-c2cnc(N)c(-c3ccc(C(=O)O)cc3)n2)c(OC)n1. The number of hydrogen-bond acceptors (Lipinski definition) is 8. The number of ether oxygens (including phenoxy) is 2. The number of carboxylic acid groups (broad SMARTS) is 1. The first kappa shape index (κ1) is 17.1. The van der Waals surface area contributed by atoms with E-state index in [4.69, 9.17) is 20.3 Å². The molecule has 132 valence electrons. The van der Waals surface area contributed by atoms with Crippen LogP contribution in [-0.2, 0) is 0 Å².